The molecule has 16 heavy (non-hydrogen) atoms. The Morgan fingerprint density at radius 1 is 1.25 bits per heavy atom. The van der Waals surface area contributed by atoms with Gasteiger partial charge in [0.15, 0.2) is 0 Å². The monoisotopic (exact) mass is 227 g/mol. The first-order valence-electron chi connectivity index (χ1n) is 6.09. The van der Waals surface area contributed by atoms with Gasteiger partial charge in [0.2, 0.25) is 6.41 Å². The molecule has 0 aromatic rings. The van der Waals surface area contributed by atoms with Gasteiger partial charge >= 0.3 is 0 Å². The van der Waals surface area contributed by atoms with Crippen molar-refractivity contribution in [2.24, 2.45) is 0 Å². The molecule has 1 aliphatic rings. The van der Waals surface area contributed by atoms with E-state index in [1.807, 2.05) is 4.90 Å². The normalized spacial score (nSPS) is 20.5. The van der Waals surface area contributed by atoms with Gasteiger partial charge in [0.25, 0.3) is 0 Å². The van der Waals surface area contributed by atoms with E-state index in [0.717, 1.165) is 45.4 Å². The molecular weight excluding hydrogens is 202 g/mol. The molecule has 1 aliphatic heterocycles. The molecule has 1 rings (SSSR count). The summed E-state index contributed by atoms with van der Waals surface area (Å²) in [6.07, 6.45) is 3.13. The summed E-state index contributed by atoms with van der Waals surface area (Å²) >= 11 is 0. The van der Waals surface area contributed by atoms with E-state index in [2.05, 4.69) is 37.9 Å². The molecule has 0 bridgehead atoms. The second-order valence-corrected chi connectivity index (χ2v) is 5.12. The second-order valence-electron chi connectivity index (χ2n) is 5.12. The van der Waals surface area contributed by atoms with Crippen molar-refractivity contribution in [3.63, 3.8) is 0 Å². The maximum Gasteiger partial charge on any atom is 0.209 e. The third-order valence-corrected chi connectivity index (χ3v) is 3.77. The van der Waals surface area contributed by atoms with Crippen molar-refractivity contribution >= 4 is 6.41 Å². The quantitative estimate of drug-likeness (QED) is 0.640. The van der Waals surface area contributed by atoms with E-state index in [-0.39, 0.29) is 5.54 Å². The molecule has 0 aromatic heterocycles. The van der Waals surface area contributed by atoms with Crippen LogP contribution >= 0.6 is 0 Å². The number of likely N-dealkylation sites (tertiary alicyclic amines) is 1. The highest BCUT2D eigenvalue weighted by Gasteiger charge is 2.37. The van der Waals surface area contributed by atoms with Gasteiger partial charge < -0.3 is 9.80 Å². The van der Waals surface area contributed by atoms with Crippen LogP contribution in [0, 0.1) is 0 Å². The molecule has 4 heteroatoms. The summed E-state index contributed by atoms with van der Waals surface area (Å²) in [4.78, 5) is 17.3. The standard InChI is InChI=1S/C12H25N3O/c1-5-14(4)12(10-13(2)3)6-8-15(11-16)9-7-12/h11H,5-10H2,1-4H3. The first kappa shape index (κ1) is 13.5. The van der Waals surface area contributed by atoms with Gasteiger partial charge in [-0.05, 0) is 40.5 Å². The zero-order chi connectivity index (χ0) is 12.2. The summed E-state index contributed by atoms with van der Waals surface area (Å²) in [6, 6.07) is 0. The van der Waals surface area contributed by atoms with E-state index in [0.29, 0.717) is 0 Å². The van der Waals surface area contributed by atoms with Crippen molar-refractivity contribution in [3.8, 4) is 0 Å². The number of carbonyl (C=O) groups is 1. The van der Waals surface area contributed by atoms with Gasteiger partial charge in [0, 0.05) is 25.2 Å². The molecule has 0 aromatic carbocycles. The van der Waals surface area contributed by atoms with Crippen molar-refractivity contribution in [3.05, 3.63) is 0 Å². The summed E-state index contributed by atoms with van der Waals surface area (Å²) in [5.74, 6) is 0. The van der Waals surface area contributed by atoms with Gasteiger partial charge in [-0.3, -0.25) is 9.69 Å². The van der Waals surface area contributed by atoms with Crippen LogP contribution in [-0.2, 0) is 4.79 Å². The van der Waals surface area contributed by atoms with Crippen LogP contribution in [0.4, 0.5) is 0 Å². The Balaban J connectivity index is 2.69. The topological polar surface area (TPSA) is 26.8 Å². The van der Waals surface area contributed by atoms with Crippen LogP contribution in [0.5, 0.6) is 0 Å². The molecule has 94 valence electrons. The largest absolute Gasteiger partial charge is 0.345 e. The van der Waals surface area contributed by atoms with E-state index in [9.17, 15) is 4.79 Å². The highest BCUT2D eigenvalue weighted by molar-refractivity contribution is 5.47. The molecule has 0 spiro atoms. The van der Waals surface area contributed by atoms with Crippen LogP contribution < -0.4 is 0 Å². The SMILES string of the molecule is CCN(C)C1(CN(C)C)CCN(C=O)CC1. The van der Waals surface area contributed by atoms with Crippen LogP contribution in [0.3, 0.4) is 0 Å². The summed E-state index contributed by atoms with van der Waals surface area (Å²) in [7, 11) is 6.44. The van der Waals surface area contributed by atoms with Crippen LogP contribution in [-0.4, -0.2) is 74.0 Å². The average molecular weight is 227 g/mol. The molecule has 0 aliphatic carbocycles. The van der Waals surface area contributed by atoms with E-state index < -0.39 is 0 Å². The predicted octanol–water partition coefficient (Wildman–Crippen LogP) is 0.491. The van der Waals surface area contributed by atoms with E-state index in [1.54, 1.807) is 0 Å². The second kappa shape index (κ2) is 5.64. The summed E-state index contributed by atoms with van der Waals surface area (Å²) in [5.41, 5.74) is 0.248. The maximum atomic E-state index is 10.7. The Morgan fingerprint density at radius 3 is 2.19 bits per heavy atom. The molecule has 1 heterocycles. The van der Waals surface area contributed by atoms with E-state index >= 15 is 0 Å². The lowest BCUT2D eigenvalue weighted by atomic mass is 9.85. The minimum Gasteiger partial charge on any atom is -0.345 e. The smallest absolute Gasteiger partial charge is 0.209 e. The van der Waals surface area contributed by atoms with Crippen molar-refractivity contribution in [1.82, 2.24) is 14.7 Å². The van der Waals surface area contributed by atoms with Gasteiger partial charge in [0.1, 0.15) is 0 Å². The maximum absolute atomic E-state index is 10.7. The molecule has 1 fully saturated rings. The van der Waals surface area contributed by atoms with Crippen LogP contribution in [0.25, 0.3) is 0 Å². The van der Waals surface area contributed by atoms with Crippen molar-refractivity contribution in [2.75, 3.05) is 47.3 Å². The third-order valence-electron chi connectivity index (χ3n) is 3.77. The van der Waals surface area contributed by atoms with Crippen LogP contribution in [0.2, 0.25) is 0 Å². The van der Waals surface area contributed by atoms with Gasteiger partial charge in [-0.2, -0.15) is 0 Å². The summed E-state index contributed by atoms with van der Waals surface area (Å²) < 4.78 is 0. The third kappa shape index (κ3) is 2.95. The van der Waals surface area contributed by atoms with Crippen LogP contribution in [0.15, 0.2) is 0 Å². The molecule has 0 unspecified atom stereocenters. The first-order valence-corrected chi connectivity index (χ1v) is 6.09. The average Bonchev–Trinajstić information content (AvgIpc) is 2.28. The van der Waals surface area contributed by atoms with Crippen molar-refractivity contribution in [1.29, 1.82) is 0 Å². The fourth-order valence-electron chi connectivity index (χ4n) is 2.63. The molecule has 1 amide bonds. The molecular formula is C12H25N3O. The van der Waals surface area contributed by atoms with Gasteiger partial charge in [-0.1, -0.05) is 6.92 Å². The summed E-state index contributed by atoms with van der Waals surface area (Å²) in [5, 5.41) is 0. The Morgan fingerprint density at radius 2 is 1.81 bits per heavy atom. The number of hydrogen-bond donors (Lipinski definition) is 0. The minimum absolute atomic E-state index is 0.248. The Labute approximate surface area is 99.2 Å². The number of piperidine rings is 1. The lowest BCUT2D eigenvalue weighted by molar-refractivity contribution is -0.120. The van der Waals surface area contributed by atoms with Crippen LogP contribution in [0.1, 0.15) is 19.8 Å². The molecule has 4 nitrogen and oxygen atoms in total. The number of nitrogens with zero attached hydrogens (tertiary/aromatic N) is 3. The number of carbonyl (C=O) groups excluding carboxylic acids is 1. The number of amides is 1. The number of rotatable bonds is 5. The van der Waals surface area contributed by atoms with E-state index in [4.69, 9.17) is 0 Å². The summed E-state index contributed by atoms with van der Waals surface area (Å²) in [6.45, 7) is 6.12. The Kier molecular flexibility index (Phi) is 4.74. The molecule has 1 saturated heterocycles. The molecule has 0 atom stereocenters. The van der Waals surface area contributed by atoms with E-state index in [1.165, 1.54) is 0 Å². The van der Waals surface area contributed by atoms with Crippen molar-refractivity contribution < 1.29 is 4.79 Å². The lowest BCUT2D eigenvalue weighted by Gasteiger charge is -2.48. The Hall–Kier alpha value is -0.610. The predicted molar refractivity (Wildman–Crippen MR) is 66.5 cm³/mol. The first-order chi connectivity index (χ1) is 7.54. The van der Waals surface area contributed by atoms with Crippen molar-refractivity contribution in [2.45, 2.75) is 25.3 Å². The zero-order valence-corrected chi connectivity index (χ0v) is 11.1. The molecule has 0 N–H and O–H groups in total. The highest BCUT2D eigenvalue weighted by atomic mass is 16.1. The lowest BCUT2D eigenvalue weighted by Crippen LogP contribution is -2.58. The van der Waals surface area contributed by atoms with Gasteiger partial charge in [0.05, 0.1) is 0 Å². The highest BCUT2D eigenvalue weighted by Crippen LogP contribution is 2.28. The minimum atomic E-state index is 0.248. The van der Waals surface area contributed by atoms with Gasteiger partial charge in [-0.15, -0.1) is 0 Å². The number of likely N-dealkylation sites (N-methyl/N-ethyl adjacent to an activating group) is 2. The van der Waals surface area contributed by atoms with Gasteiger partial charge in [-0.25, -0.2) is 0 Å². The number of hydrogen-bond acceptors (Lipinski definition) is 3. The molecule has 0 radical (unpaired) electrons. The fraction of sp³-hybridized carbons (Fsp3) is 0.917. The zero-order valence-electron chi connectivity index (χ0n) is 11.1. The fourth-order valence-corrected chi connectivity index (χ4v) is 2.63. The molecule has 0 saturated carbocycles. The Bertz CT molecular complexity index is 222.